The minimum atomic E-state index is -0.908. The van der Waals surface area contributed by atoms with Crippen LogP contribution in [0, 0.1) is 0 Å². The summed E-state index contributed by atoms with van der Waals surface area (Å²) in [7, 11) is 1.58. The van der Waals surface area contributed by atoms with Gasteiger partial charge < -0.3 is 15.0 Å². The van der Waals surface area contributed by atoms with Crippen molar-refractivity contribution in [2.75, 3.05) is 12.8 Å². The number of nitrogens with zero attached hydrogens (tertiary/aromatic N) is 2. The number of thioether (sulfide) groups is 1. The molecule has 20 heavy (non-hydrogen) atoms. The van der Waals surface area contributed by atoms with E-state index < -0.39 is 12.0 Å². The summed E-state index contributed by atoms with van der Waals surface area (Å²) in [5.41, 5.74) is 0.721. The second kappa shape index (κ2) is 6.30. The van der Waals surface area contributed by atoms with Crippen LogP contribution in [0.4, 0.5) is 0 Å². The zero-order valence-corrected chi connectivity index (χ0v) is 13.2. The third kappa shape index (κ3) is 3.75. The van der Waals surface area contributed by atoms with Crippen molar-refractivity contribution >= 4 is 23.6 Å². The molecular formula is C13H21N3O3S. The Kier molecular flexibility index (Phi) is 5.21. The average Bonchev–Trinajstić information content (AvgIpc) is 2.77. The first-order chi connectivity index (χ1) is 9.18. The van der Waals surface area contributed by atoms with E-state index in [-0.39, 0.29) is 17.1 Å². The number of rotatable bonds is 5. The van der Waals surface area contributed by atoms with Crippen LogP contribution in [0.5, 0.6) is 0 Å². The second-order valence-electron chi connectivity index (χ2n) is 5.52. The molecule has 6 nitrogen and oxygen atoms in total. The molecule has 1 atom stereocenters. The van der Waals surface area contributed by atoms with Gasteiger partial charge in [0.2, 0.25) is 5.91 Å². The Morgan fingerprint density at radius 1 is 1.50 bits per heavy atom. The number of carbonyl (C=O) groups excluding carboxylic acids is 1. The number of hydrogen-bond acceptors (Lipinski definition) is 4. The largest absolute Gasteiger partial charge is 0.481 e. The minimum absolute atomic E-state index is 0.0823. The van der Waals surface area contributed by atoms with Gasteiger partial charge in [-0.2, -0.15) is 0 Å². The molecule has 0 saturated heterocycles. The van der Waals surface area contributed by atoms with Gasteiger partial charge in [0.1, 0.15) is 6.04 Å². The lowest BCUT2D eigenvalue weighted by Crippen LogP contribution is -2.31. The summed E-state index contributed by atoms with van der Waals surface area (Å²) in [6, 6.07) is -0.437. The van der Waals surface area contributed by atoms with Crippen molar-refractivity contribution in [3.63, 3.8) is 0 Å². The van der Waals surface area contributed by atoms with Gasteiger partial charge in [-0.25, -0.2) is 4.98 Å². The van der Waals surface area contributed by atoms with Crippen LogP contribution in [-0.4, -0.2) is 39.3 Å². The van der Waals surface area contributed by atoms with Crippen LogP contribution in [0.25, 0.3) is 0 Å². The SMILES string of the molecule is CNC(=O)C(C)n1c(C(C)(C)C)cnc1SCC(=O)O. The van der Waals surface area contributed by atoms with E-state index in [1.165, 1.54) is 0 Å². The molecule has 0 spiro atoms. The molecule has 0 radical (unpaired) electrons. The number of imidazole rings is 1. The van der Waals surface area contributed by atoms with Crippen molar-refractivity contribution in [1.82, 2.24) is 14.9 Å². The number of hydrogen-bond donors (Lipinski definition) is 2. The van der Waals surface area contributed by atoms with Crippen molar-refractivity contribution < 1.29 is 14.7 Å². The maximum Gasteiger partial charge on any atom is 0.313 e. The van der Waals surface area contributed by atoms with E-state index in [0.717, 1.165) is 17.5 Å². The van der Waals surface area contributed by atoms with Crippen LogP contribution < -0.4 is 5.32 Å². The Balaban J connectivity index is 3.22. The first-order valence-corrected chi connectivity index (χ1v) is 7.31. The molecule has 7 heteroatoms. The van der Waals surface area contributed by atoms with Crippen molar-refractivity contribution in [3.8, 4) is 0 Å². The lowest BCUT2D eigenvalue weighted by Gasteiger charge is -2.25. The molecule has 0 aliphatic carbocycles. The Morgan fingerprint density at radius 3 is 2.55 bits per heavy atom. The van der Waals surface area contributed by atoms with Gasteiger partial charge in [0.05, 0.1) is 5.75 Å². The third-order valence-electron chi connectivity index (χ3n) is 2.87. The molecule has 112 valence electrons. The summed E-state index contributed by atoms with van der Waals surface area (Å²) >= 11 is 1.12. The van der Waals surface area contributed by atoms with E-state index in [1.807, 2.05) is 25.3 Å². The fourth-order valence-electron chi connectivity index (χ4n) is 1.83. The number of carboxylic acids is 1. The van der Waals surface area contributed by atoms with Gasteiger partial charge in [-0.3, -0.25) is 9.59 Å². The first-order valence-electron chi connectivity index (χ1n) is 6.32. The van der Waals surface area contributed by atoms with E-state index in [9.17, 15) is 9.59 Å². The van der Waals surface area contributed by atoms with Crippen LogP contribution in [0.15, 0.2) is 11.4 Å². The topological polar surface area (TPSA) is 84.2 Å². The minimum Gasteiger partial charge on any atom is -0.481 e. The molecule has 0 aliphatic rings. The standard InChI is InChI=1S/C13H21N3O3S/c1-8(11(19)14-5)16-9(13(2,3)4)6-15-12(16)20-7-10(17)18/h6,8H,7H2,1-5H3,(H,14,19)(H,17,18). The van der Waals surface area contributed by atoms with Gasteiger partial charge in [-0.1, -0.05) is 32.5 Å². The zero-order chi connectivity index (χ0) is 15.5. The molecule has 0 aliphatic heterocycles. The van der Waals surface area contributed by atoms with Gasteiger partial charge in [-0.15, -0.1) is 0 Å². The molecule has 0 bridgehead atoms. The fourth-order valence-corrected chi connectivity index (χ4v) is 2.61. The Hall–Kier alpha value is -1.50. The lowest BCUT2D eigenvalue weighted by atomic mass is 9.92. The normalized spacial score (nSPS) is 13.1. The average molecular weight is 299 g/mol. The van der Waals surface area contributed by atoms with E-state index in [1.54, 1.807) is 20.2 Å². The Morgan fingerprint density at radius 2 is 2.10 bits per heavy atom. The van der Waals surface area contributed by atoms with Crippen LogP contribution in [0.1, 0.15) is 39.4 Å². The highest BCUT2D eigenvalue weighted by molar-refractivity contribution is 7.99. The molecule has 1 aromatic rings. The van der Waals surface area contributed by atoms with Gasteiger partial charge in [0.25, 0.3) is 0 Å². The van der Waals surface area contributed by atoms with Crippen LogP contribution in [-0.2, 0) is 15.0 Å². The summed E-state index contributed by atoms with van der Waals surface area (Å²) in [4.78, 5) is 26.9. The predicted molar refractivity (Wildman–Crippen MR) is 78.1 cm³/mol. The molecule has 1 aromatic heterocycles. The van der Waals surface area contributed by atoms with Crippen molar-refractivity contribution in [2.24, 2.45) is 0 Å². The molecule has 1 heterocycles. The Bertz CT molecular complexity index is 505. The molecule has 1 unspecified atom stereocenters. The van der Waals surface area contributed by atoms with Crippen molar-refractivity contribution in [3.05, 3.63) is 11.9 Å². The van der Waals surface area contributed by atoms with Gasteiger partial charge in [0, 0.05) is 24.4 Å². The van der Waals surface area contributed by atoms with Crippen molar-refractivity contribution in [1.29, 1.82) is 0 Å². The predicted octanol–water partition coefficient (Wildman–Crippen LogP) is 1.66. The summed E-state index contributed by atoms with van der Waals surface area (Å²) in [6.07, 6.45) is 1.71. The van der Waals surface area contributed by atoms with Gasteiger partial charge in [0.15, 0.2) is 5.16 Å². The van der Waals surface area contributed by atoms with Crippen LogP contribution in [0.2, 0.25) is 0 Å². The number of aromatic nitrogens is 2. The highest BCUT2D eigenvalue weighted by Gasteiger charge is 2.27. The molecule has 0 aromatic carbocycles. The fraction of sp³-hybridized carbons (Fsp3) is 0.615. The molecule has 0 fully saturated rings. The maximum atomic E-state index is 11.9. The molecule has 0 saturated carbocycles. The van der Waals surface area contributed by atoms with E-state index in [0.29, 0.717) is 5.16 Å². The molecular weight excluding hydrogens is 278 g/mol. The smallest absolute Gasteiger partial charge is 0.313 e. The summed E-state index contributed by atoms with van der Waals surface area (Å²) in [5, 5.41) is 11.9. The summed E-state index contributed by atoms with van der Waals surface area (Å²) in [6.45, 7) is 7.87. The summed E-state index contributed by atoms with van der Waals surface area (Å²) < 4.78 is 1.81. The van der Waals surface area contributed by atoms with Crippen molar-refractivity contribution in [2.45, 2.75) is 44.3 Å². The Labute approximate surface area is 123 Å². The van der Waals surface area contributed by atoms with E-state index >= 15 is 0 Å². The number of carbonyl (C=O) groups is 2. The quantitative estimate of drug-likeness (QED) is 0.808. The number of amides is 1. The van der Waals surface area contributed by atoms with Crippen LogP contribution >= 0.6 is 11.8 Å². The van der Waals surface area contributed by atoms with E-state index in [2.05, 4.69) is 10.3 Å². The van der Waals surface area contributed by atoms with Gasteiger partial charge >= 0.3 is 5.97 Å². The number of nitrogens with one attached hydrogen (secondary N) is 1. The zero-order valence-electron chi connectivity index (χ0n) is 12.4. The van der Waals surface area contributed by atoms with Crippen LogP contribution in [0.3, 0.4) is 0 Å². The monoisotopic (exact) mass is 299 g/mol. The maximum absolute atomic E-state index is 11.9. The molecule has 2 N–H and O–H groups in total. The number of carboxylic acid groups (broad SMARTS) is 1. The first kappa shape index (κ1) is 16.6. The highest BCUT2D eigenvalue weighted by Crippen LogP contribution is 2.30. The number of likely N-dealkylation sites (N-methyl/N-ethyl adjacent to an activating group) is 1. The van der Waals surface area contributed by atoms with E-state index in [4.69, 9.17) is 5.11 Å². The second-order valence-corrected chi connectivity index (χ2v) is 6.46. The molecule has 1 rings (SSSR count). The third-order valence-corrected chi connectivity index (χ3v) is 3.82. The highest BCUT2D eigenvalue weighted by atomic mass is 32.2. The van der Waals surface area contributed by atoms with Gasteiger partial charge in [-0.05, 0) is 6.92 Å². The summed E-state index contributed by atoms with van der Waals surface area (Å²) in [5.74, 6) is -1.12. The lowest BCUT2D eigenvalue weighted by molar-refractivity contribution is -0.133. The number of aliphatic carboxylic acids is 1. The molecule has 1 amide bonds.